The number of nitrogens with zero attached hydrogens (tertiary/aromatic N) is 1. The van der Waals surface area contributed by atoms with Crippen molar-refractivity contribution in [1.29, 1.82) is 0 Å². The van der Waals surface area contributed by atoms with Gasteiger partial charge in [0.2, 0.25) is 0 Å². The van der Waals surface area contributed by atoms with Crippen molar-refractivity contribution in [3.05, 3.63) is 29.8 Å². The summed E-state index contributed by atoms with van der Waals surface area (Å²) in [4.78, 5) is 13.6. The molecule has 1 aliphatic rings. The molecule has 6 nitrogen and oxygen atoms in total. The molecule has 1 N–H and O–H groups in total. The number of ether oxygens (including phenoxy) is 3. The third-order valence-electron chi connectivity index (χ3n) is 3.90. The summed E-state index contributed by atoms with van der Waals surface area (Å²) in [5.41, 5.74) is 0.469. The van der Waals surface area contributed by atoms with E-state index in [2.05, 4.69) is 16.6 Å². The molecule has 0 amide bonds. The number of aliphatic hydroxyl groups is 1. The van der Waals surface area contributed by atoms with Crippen molar-refractivity contribution in [2.24, 2.45) is 0 Å². The van der Waals surface area contributed by atoms with Crippen LogP contribution in [0.1, 0.15) is 24.2 Å². The zero-order valence-corrected chi connectivity index (χ0v) is 13.9. The summed E-state index contributed by atoms with van der Waals surface area (Å²) >= 11 is 0. The van der Waals surface area contributed by atoms with Crippen LogP contribution in [0.5, 0.6) is 5.75 Å². The van der Waals surface area contributed by atoms with Gasteiger partial charge in [-0.2, -0.15) is 0 Å². The lowest BCUT2D eigenvalue weighted by molar-refractivity contribution is -0.0650. The van der Waals surface area contributed by atoms with Gasteiger partial charge in [0.1, 0.15) is 18.5 Å². The first-order chi connectivity index (χ1) is 11.0. The predicted octanol–water partition coefficient (Wildman–Crippen LogP) is 1.32. The Labute approximate surface area is 136 Å². The number of esters is 1. The summed E-state index contributed by atoms with van der Waals surface area (Å²) in [7, 11) is 1.34. The quantitative estimate of drug-likeness (QED) is 0.797. The van der Waals surface area contributed by atoms with Crippen LogP contribution in [0.25, 0.3) is 0 Å². The van der Waals surface area contributed by atoms with Crippen LogP contribution in [0.15, 0.2) is 24.3 Å². The van der Waals surface area contributed by atoms with Gasteiger partial charge < -0.3 is 19.3 Å². The lowest BCUT2D eigenvalue weighted by atomic mass is 10.2. The van der Waals surface area contributed by atoms with Gasteiger partial charge in [-0.25, -0.2) is 4.79 Å². The van der Waals surface area contributed by atoms with E-state index in [-0.39, 0.29) is 18.7 Å². The summed E-state index contributed by atoms with van der Waals surface area (Å²) in [5, 5.41) is 10.2. The van der Waals surface area contributed by atoms with E-state index in [9.17, 15) is 9.90 Å². The molecule has 1 fully saturated rings. The SMILES string of the molecule is COC(=O)c1ccc(OC[C@H](O)CN2C[C@@H](C)OC[C@H]2C)cc1. The normalized spacial score (nSPS) is 23.3. The average molecular weight is 323 g/mol. The van der Waals surface area contributed by atoms with Crippen LogP contribution >= 0.6 is 0 Å². The average Bonchev–Trinajstić information content (AvgIpc) is 2.56. The van der Waals surface area contributed by atoms with Gasteiger partial charge in [0.15, 0.2) is 0 Å². The van der Waals surface area contributed by atoms with Crippen molar-refractivity contribution < 1.29 is 24.1 Å². The minimum absolute atomic E-state index is 0.185. The van der Waals surface area contributed by atoms with Gasteiger partial charge >= 0.3 is 5.97 Å². The number of carbonyl (C=O) groups excluding carboxylic acids is 1. The largest absolute Gasteiger partial charge is 0.491 e. The molecule has 128 valence electrons. The van der Waals surface area contributed by atoms with Gasteiger partial charge in [0.05, 0.1) is 25.4 Å². The summed E-state index contributed by atoms with van der Waals surface area (Å²) in [6.45, 7) is 6.37. The molecular weight excluding hydrogens is 298 g/mol. The van der Waals surface area contributed by atoms with Crippen LogP contribution < -0.4 is 4.74 Å². The first kappa shape index (κ1) is 17.7. The van der Waals surface area contributed by atoms with E-state index < -0.39 is 6.10 Å². The number of methoxy groups -OCH3 is 1. The molecule has 1 aromatic carbocycles. The highest BCUT2D eigenvalue weighted by Gasteiger charge is 2.25. The van der Waals surface area contributed by atoms with Crippen LogP contribution in [-0.2, 0) is 9.47 Å². The van der Waals surface area contributed by atoms with Crippen molar-refractivity contribution in [3.8, 4) is 5.75 Å². The minimum atomic E-state index is -0.581. The van der Waals surface area contributed by atoms with Crippen molar-refractivity contribution >= 4 is 5.97 Å². The highest BCUT2D eigenvalue weighted by Crippen LogP contribution is 2.15. The second kappa shape index (κ2) is 8.29. The van der Waals surface area contributed by atoms with E-state index in [0.717, 1.165) is 6.54 Å². The fraction of sp³-hybridized carbons (Fsp3) is 0.588. The lowest BCUT2D eigenvalue weighted by Crippen LogP contribution is -2.50. The van der Waals surface area contributed by atoms with Gasteiger partial charge in [-0.1, -0.05) is 0 Å². The standard InChI is InChI=1S/C17H25NO5/c1-12-10-22-13(2)8-18(12)9-15(19)11-23-16-6-4-14(5-7-16)17(20)21-3/h4-7,12-13,15,19H,8-11H2,1-3H3/t12-,13-,15-/m1/s1. The van der Waals surface area contributed by atoms with Crippen LogP contribution in [0.4, 0.5) is 0 Å². The Morgan fingerprint density at radius 2 is 2.09 bits per heavy atom. The molecule has 0 spiro atoms. The lowest BCUT2D eigenvalue weighted by Gasteiger charge is -2.37. The second-order valence-electron chi connectivity index (χ2n) is 5.93. The number of morpholine rings is 1. The number of benzene rings is 1. The minimum Gasteiger partial charge on any atom is -0.491 e. The molecule has 0 unspecified atom stereocenters. The zero-order valence-electron chi connectivity index (χ0n) is 13.9. The van der Waals surface area contributed by atoms with E-state index in [1.54, 1.807) is 24.3 Å². The van der Waals surface area contributed by atoms with Crippen LogP contribution in [-0.4, -0.2) is 67.6 Å². The maximum atomic E-state index is 11.4. The van der Waals surface area contributed by atoms with E-state index in [1.807, 2.05) is 6.92 Å². The smallest absolute Gasteiger partial charge is 0.337 e. The van der Waals surface area contributed by atoms with Crippen molar-refractivity contribution in [1.82, 2.24) is 4.90 Å². The van der Waals surface area contributed by atoms with Crippen LogP contribution in [0.2, 0.25) is 0 Å². The Morgan fingerprint density at radius 1 is 1.39 bits per heavy atom. The van der Waals surface area contributed by atoms with Crippen molar-refractivity contribution in [2.75, 3.05) is 33.4 Å². The molecule has 3 atom stereocenters. The molecule has 1 saturated heterocycles. The van der Waals surface area contributed by atoms with E-state index in [4.69, 9.17) is 9.47 Å². The Hall–Kier alpha value is -1.63. The molecule has 2 rings (SSSR count). The fourth-order valence-electron chi connectivity index (χ4n) is 2.55. The first-order valence-electron chi connectivity index (χ1n) is 7.84. The maximum absolute atomic E-state index is 11.4. The van der Waals surface area contributed by atoms with Gasteiger partial charge in [0, 0.05) is 19.1 Å². The Bertz CT molecular complexity index is 504. The number of hydrogen-bond acceptors (Lipinski definition) is 6. The Kier molecular flexibility index (Phi) is 6.38. The number of β-amino-alcohol motifs (C(OH)–C–C–N with tert-alkyl or cyclic N) is 1. The van der Waals surface area contributed by atoms with Crippen LogP contribution in [0.3, 0.4) is 0 Å². The third kappa shape index (κ3) is 5.20. The van der Waals surface area contributed by atoms with E-state index in [1.165, 1.54) is 7.11 Å². The topological polar surface area (TPSA) is 68.2 Å². The van der Waals surface area contributed by atoms with Crippen molar-refractivity contribution in [2.45, 2.75) is 32.1 Å². The van der Waals surface area contributed by atoms with Gasteiger partial charge in [-0.3, -0.25) is 4.90 Å². The second-order valence-corrected chi connectivity index (χ2v) is 5.93. The first-order valence-corrected chi connectivity index (χ1v) is 7.84. The molecule has 1 aliphatic heterocycles. The number of rotatable bonds is 6. The van der Waals surface area contributed by atoms with E-state index >= 15 is 0 Å². The van der Waals surface area contributed by atoms with Gasteiger partial charge in [-0.05, 0) is 38.1 Å². The van der Waals surface area contributed by atoms with E-state index in [0.29, 0.717) is 30.5 Å². The molecule has 0 saturated carbocycles. The number of carbonyl (C=O) groups is 1. The molecule has 6 heteroatoms. The molecule has 23 heavy (non-hydrogen) atoms. The predicted molar refractivity (Wildman–Crippen MR) is 85.7 cm³/mol. The van der Waals surface area contributed by atoms with Gasteiger partial charge in [0.25, 0.3) is 0 Å². The summed E-state index contributed by atoms with van der Waals surface area (Å²) in [6.07, 6.45) is -0.395. The fourth-order valence-corrected chi connectivity index (χ4v) is 2.55. The third-order valence-corrected chi connectivity index (χ3v) is 3.90. The zero-order chi connectivity index (χ0) is 16.8. The molecule has 1 heterocycles. The Morgan fingerprint density at radius 3 is 2.74 bits per heavy atom. The summed E-state index contributed by atoms with van der Waals surface area (Å²) in [5.74, 6) is 0.229. The Balaban J connectivity index is 1.79. The molecule has 0 radical (unpaired) electrons. The molecule has 1 aromatic rings. The molecular formula is C17H25NO5. The van der Waals surface area contributed by atoms with Gasteiger partial charge in [-0.15, -0.1) is 0 Å². The monoisotopic (exact) mass is 323 g/mol. The maximum Gasteiger partial charge on any atom is 0.337 e. The highest BCUT2D eigenvalue weighted by atomic mass is 16.5. The molecule has 0 aliphatic carbocycles. The summed E-state index contributed by atoms with van der Waals surface area (Å²) in [6, 6.07) is 6.95. The van der Waals surface area contributed by atoms with Crippen LogP contribution in [0, 0.1) is 0 Å². The number of hydrogen-bond donors (Lipinski definition) is 1. The molecule has 0 aromatic heterocycles. The van der Waals surface area contributed by atoms with Crippen molar-refractivity contribution in [3.63, 3.8) is 0 Å². The molecule has 0 bridgehead atoms. The summed E-state index contributed by atoms with van der Waals surface area (Å²) < 4.78 is 15.8. The highest BCUT2D eigenvalue weighted by molar-refractivity contribution is 5.89. The number of aliphatic hydroxyl groups excluding tert-OH is 1.